The van der Waals surface area contributed by atoms with Gasteiger partial charge in [-0.25, -0.2) is 18.7 Å². The molecule has 0 spiro atoms. The summed E-state index contributed by atoms with van der Waals surface area (Å²) in [5.74, 6) is -1.57. The Hall–Kier alpha value is -2.57. The van der Waals surface area contributed by atoms with Crippen molar-refractivity contribution in [1.82, 2.24) is 14.9 Å². The summed E-state index contributed by atoms with van der Waals surface area (Å²) >= 11 is 0. The van der Waals surface area contributed by atoms with E-state index in [4.69, 9.17) is 4.74 Å². The van der Waals surface area contributed by atoms with Gasteiger partial charge in [-0.3, -0.25) is 4.79 Å². The molecule has 1 fully saturated rings. The van der Waals surface area contributed by atoms with Crippen LogP contribution in [0.3, 0.4) is 0 Å². The monoisotopic (exact) mass is 347 g/mol. The van der Waals surface area contributed by atoms with Crippen LogP contribution in [-0.2, 0) is 11.2 Å². The first-order valence-electron chi connectivity index (χ1n) is 8.11. The Labute approximate surface area is 144 Å². The lowest BCUT2D eigenvalue weighted by atomic mass is 10.1. The van der Waals surface area contributed by atoms with Crippen molar-refractivity contribution in [3.8, 4) is 6.01 Å². The van der Waals surface area contributed by atoms with Crippen LogP contribution in [0.5, 0.6) is 6.01 Å². The van der Waals surface area contributed by atoms with Gasteiger partial charge in [0.1, 0.15) is 17.7 Å². The van der Waals surface area contributed by atoms with Crippen LogP contribution < -0.4 is 4.74 Å². The summed E-state index contributed by atoms with van der Waals surface area (Å²) in [6, 6.07) is 5.40. The maximum absolute atomic E-state index is 13.7. The van der Waals surface area contributed by atoms with E-state index in [1.807, 2.05) is 19.9 Å². The fraction of sp³-hybridized carbons (Fsp3) is 0.389. The number of aryl methyl sites for hydroxylation is 2. The number of hydrogen-bond donors (Lipinski definition) is 0. The molecule has 3 rings (SSSR count). The number of hydrogen-bond acceptors (Lipinski definition) is 4. The summed E-state index contributed by atoms with van der Waals surface area (Å²) in [5.41, 5.74) is 1.83. The summed E-state index contributed by atoms with van der Waals surface area (Å²) in [6.07, 6.45) is 0.371. The molecule has 0 radical (unpaired) electrons. The van der Waals surface area contributed by atoms with Crippen LogP contribution in [0.25, 0.3) is 0 Å². The van der Waals surface area contributed by atoms with Crippen LogP contribution in [0.1, 0.15) is 23.4 Å². The molecule has 1 aromatic heterocycles. The number of nitrogens with zero attached hydrogens (tertiary/aromatic N) is 3. The van der Waals surface area contributed by atoms with E-state index in [1.165, 1.54) is 6.07 Å². The number of ether oxygens (including phenoxy) is 1. The molecule has 25 heavy (non-hydrogen) atoms. The third-order valence-electron chi connectivity index (χ3n) is 4.09. The van der Waals surface area contributed by atoms with Crippen LogP contribution in [-0.4, -0.2) is 40.0 Å². The topological polar surface area (TPSA) is 55.3 Å². The molecule has 1 saturated heterocycles. The molecule has 1 aromatic carbocycles. The predicted molar refractivity (Wildman–Crippen MR) is 87.2 cm³/mol. The Bertz CT molecular complexity index is 778. The van der Waals surface area contributed by atoms with Crippen molar-refractivity contribution < 1.29 is 18.3 Å². The fourth-order valence-corrected chi connectivity index (χ4v) is 2.89. The van der Waals surface area contributed by atoms with Crippen LogP contribution in [0.15, 0.2) is 24.3 Å². The lowest BCUT2D eigenvalue weighted by molar-refractivity contribution is -0.129. The molecule has 2 aromatic rings. The lowest BCUT2D eigenvalue weighted by Crippen LogP contribution is -2.32. The molecule has 0 aliphatic carbocycles. The normalized spacial score (nSPS) is 17.0. The fourth-order valence-electron chi connectivity index (χ4n) is 2.89. The van der Waals surface area contributed by atoms with Crippen molar-refractivity contribution in [3.63, 3.8) is 0 Å². The Morgan fingerprint density at radius 1 is 1.24 bits per heavy atom. The molecule has 0 N–H and O–H groups in total. The van der Waals surface area contributed by atoms with Gasteiger partial charge in [0.2, 0.25) is 5.91 Å². The Morgan fingerprint density at radius 2 is 1.96 bits per heavy atom. The minimum absolute atomic E-state index is 0.0983. The van der Waals surface area contributed by atoms with Gasteiger partial charge in [-0.15, -0.1) is 0 Å². The summed E-state index contributed by atoms with van der Waals surface area (Å²) < 4.78 is 32.4. The van der Waals surface area contributed by atoms with Gasteiger partial charge in [-0.1, -0.05) is 6.07 Å². The van der Waals surface area contributed by atoms with Crippen molar-refractivity contribution in [1.29, 1.82) is 0 Å². The van der Waals surface area contributed by atoms with Gasteiger partial charge in [0.25, 0.3) is 0 Å². The molecule has 5 nitrogen and oxygen atoms in total. The zero-order valence-corrected chi connectivity index (χ0v) is 14.1. The van der Waals surface area contributed by atoms with Crippen molar-refractivity contribution >= 4 is 5.91 Å². The van der Waals surface area contributed by atoms with Gasteiger partial charge >= 0.3 is 6.01 Å². The second-order valence-corrected chi connectivity index (χ2v) is 6.21. The molecule has 1 amide bonds. The van der Waals surface area contributed by atoms with Crippen LogP contribution in [0.2, 0.25) is 0 Å². The predicted octanol–water partition coefficient (Wildman–Crippen LogP) is 2.59. The lowest BCUT2D eigenvalue weighted by Gasteiger charge is -2.17. The van der Waals surface area contributed by atoms with Gasteiger partial charge in [0, 0.05) is 30.4 Å². The molecule has 1 unspecified atom stereocenters. The van der Waals surface area contributed by atoms with E-state index in [1.54, 1.807) is 4.90 Å². The second kappa shape index (κ2) is 7.13. The maximum Gasteiger partial charge on any atom is 0.317 e. The third kappa shape index (κ3) is 4.29. The van der Waals surface area contributed by atoms with Crippen molar-refractivity contribution in [2.45, 2.75) is 32.8 Å². The van der Waals surface area contributed by atoms with Gasteiger partial charge in [-0.2, -0.15) is 0 Å². The molecule has 0 saturated carbocycles. The highest BCUT2D eigenvalue weighted by atomic mass is 19.1. The summed E-state index contributed by atoms with van der Waals surface area (Å²) in [6.45, 7) is 4.65. The number of amides is 1. The van der Waals surface area contributed by atoms with E-state index in [-0.39, 0.29) is 24.0 Å². The largest absolute Gasteiger partial charge is 0.458 e. The zero-order valence-electron chi connectivity index (χ0n) is 14.1. The average Bonchev–Trinajstić information content (AvgIpc) is 2.97. The first-order valence-corrected chi connectivity index (χ1v) is 8.11. The molecular formula is C18H19F2N3O2. The molecule has 1 aliphatic heterocycles. The smallest absolute Gasteiger partial charge is 0.317 e. The molecular weight excluding hydrogens is 328 g/mol. The minimum Gasteiger partial charge on any atom is -0.458 e. The number of carbonyl (C=O) groups is 1. The van der Waals surface area contributed by atoms with Crippen molar-refractivity contribution in [2.75, 3.05) is 13.1 Å². The molecule has 2 heterocycles. The van der Waals surface area contributed by atoms with E-state index in [0.717, 1.165) is 23.5 Å². The first kappa shape index (κ1) is 17.3. The van der Waals surface area contributed by atoms with Gasteiger partial charge in [0.05, 0.1) is 13.0 Å². The molecule has 1 atom stereocenters. The number of rotatable bonds is 4. The third-order valence-corrected chi connectivity index (χ3v) is 4.09. The molecule has 0 bridgehead atoms. The summed E-state index contributed by atoms with van der Waals surface area (Å²) in [7, 11) is 0. The first-order chi connectivity index (χ1) is 11.9. The zero-order chi connectivity index (χ0) is 18.0. The number of aromatic nitrogens is 2. The van der Waals surface area contributed by atoms with Crippen LogP contribution in [0, 0.1) is 25.5 Å². The Kier molecular flexibility index (Phi) is 4.92. The van der Waals surface area contributed by atoms with E-state index in [9.17, 15) is 13.6 Å². The molecule has 7 heteroatoms. The maximum atomic E-state index is 13.7. The van der Waals surface area contributed by atoms with Crippen molar-refractivity contribution in [3.05, 3.63) is 52.9 Å². The highest BCUT2D eigenvalue weighted by molar-refractivity contribution is 5.79. The second-order valence-electron chi connectivity index (χ2n) is 6.21. The molecule has 132 valence electrons. The number of likely N-dealkylation sites (tertiary alicyclic amines) is 1. The number of halogens is 2. The highest BCUT2D eigenvalue weighted by Crippen LogP contribution is 2.18. The highest BCUT2D eigenvalue weighted by Gasteiger charge is 2.28. The van der Waals surface area contributed by atoms with Crippen molar-refractivity contribution in [2.24, 2.45) is 0 Å². The van der Waals surface area contributed by atoms with Gasteiger partial charge < -0.3 is 9.64 Å². The average molecular weight is 347 g/mol. The van der Waals surface area contributed by atoms with Gasteiger partial charge in [-0.05, 0) is 31.5 Å². The molecule has 1 aliphatic rings. The Morgan fingerprint density at radius 3 is 2.64 bits per heavy atom. The number of benzene rings is 1. The van der Waals surface area contributed by atoms with E-state index in [0.29, 0.717) is 25.5 Å². The standard InChI is InChI=1S/C18H19F2N3O2/c1-11-7-12(2)22-18(21-11)25-15-5-6-23(10-15)17(24)8-13-3-4-14(19)9-16(13)20/h3-4,7,9,15H,5-6,8,10H2,1-2H3. The SMILES string of the molecule is Cc1cc(C)nc(OC2CCN(C(=O)Cc3ccc(F)cc3F)C2)n1. The quantitative estimate of drug-likeness (QED) is 0.853. The number of carbonyl (C=O) groups excluding carboxylic acids is 1. The van der Waals surface area contributed by atoms with Gasteiger partial charge in [0.15, 0.2) is 0 Å². The summed E-state index contributed by atoms with van der Waals surface area (Å²) in [4.78, 5) is 22.4. The summed E-state index contributed by atoms with van der Waals surface area (Å²) in [5, 5.41) is 0. The van der Waals surface area contributed by atoms with E-state index in [2.05, 4.69) is 9.97 Å². The minimum atomic E-state index is -0.705. The van der Waals surface area contributed by atoms with Crippen LogP contribution in [0.4, 0.5) is 8.78 Å². The van der Waals surface area contributed by atoms with E-state index >= 15 is 0 Å². The Balaban J connectivity index is 1.59. The van der Waals surface area contributed by atoms with E-state index < -0.39 is 11.6 Å². The van der Waals surface area contributed by atoms with Crippen LogP contribution >= 0.6 is 0 Å².